The predicted molar refractivity (Wildman–Crippen MR) is 106 cm³/mol. The van der Waals surface area contributed by atoms with E-state index >= 15 is 0 Å². The summed E-state index contributed by atoms with van der Waals surface area (Å²) < 4.78 is 10.3. The molecule has 1 aromatic carbocycles. The van der Waals surface area contributed by atoms with Crippen molar-refractivity contribution < 1.29 is 51.8 Å². The van der Waals surface area contributed by atoms with Gasteiger partial charge < -0.3 is 26.2 Å². The average molecular weight is 465 g/mol. The normalized spacial score (nSPS) is 13.9. The number of hydrogen-bond acceptors (Lipinski definition) is 5. The van der Waals surface area contributed by atoms with Crippen LogP contribution in [-0.2, 0) is 53.5 Å². The van der Waals surface area contributed by atoms with Crippen LogP contribution in [0.2, 0.25) is 0 Å². The van der Waals surface area contributed by atoms with Gasteiger partial charge in [0.25, 0.3) is 0 Å². The quantitative estimate of drug-likeness (QED) is 0.393. The van der Waals surface area contributed by atoms with Crippen molar-refractivity contribution in [3.63, 3.8) is 0 Å². The third-order valence-electron chi connectivity index (χ3n) is 4.84. The van der Waals surface area contributed by atoms with Gasteiger partial charge in [-0.3, -0.25) is 16.6 Å². The van der Waals surface area contributed by atoms with Crippen molar-refractivity contribution in [2.75, 3.05) is 27.3 Å². The maximum atomic E-state index is 12.9. The zero-order valence-electron chi connectivity index (χ0n) is 17.7. The Morgan fingerprint density at radius 3 is 2.25 bits per heavy atom. The smallest absolute Gasteiger partial charge is 0.307 e. The first-order chi connectivity index (χ1) is 12.7. The third-order valence-corrected chi connectivity index (χ3v) is 4.84. The monoisotopic (exact) mass is 465 g/mol. The maximum absolute atomic E-state index is 12.9. The van der Waals surface area contributed by atoms with E-state index in [0.29, 0.717) is 19.6 Å². The Balaban J connectivity index is 0.00000729. The largest absolute Gasteiger partial charge is 0.494 e. The summed E-state index contributed by atoms with van der Waals surface area (Å²) in [6.45, 7) is 10.8. The molecular weight excluding hydrogens is 433 g/mol. The molecule has 0 heterocycles. The van der Waals surface area contributed by atoms with Gasteiger partial charge in [-0.15, -0.1) is 0 Å². The van der Waals surface area contributed by atoms with E-state index in [4.69, 9.17) is 9.47 Å². The second-order valence-electron chi connectivity index (χ2n) is 6.82. The number of hydrogen-bond donors (Lipinski definition) is 0. The van der Waals surface area contributed by atoms with E-state index in [9.17, 15) is 9.59 Å². The Hall–Kier alpha value is -0.976. The second kappa shape index (κ2) is 12.6. The van der Waals surface area contributed by atoms with Gasteiger partial charge in [0.05, 0.1) is 25.7 Å². The fourth-order valence-corrected chi connectivity index (χ4v) is 2.86. The van der Waals surface area contributed by atoms with E-state index < -0.39 is 11.6 Å². The molecule has 0 saturated carbocycles. The number of nitrogens with zero attached hydrogens (tertiary/aromatic N) is 2. The van der Waals surface area contributed by atoms with Crippen LogP contribution in [0.3, 0.4) is 0 Å². The molecule has 6 nitrogen and oxygen atoms in total. The van der Waals surface area contributed by atoms with Crippen LogP contribution in [0, 0.1) is 14.0 Å². The zero-order chi connectivity index (χ0) is 20.6. The first kappa shape index (κ1) is 27.0. The Morgan fingerprint density at radius 2 is 1.79 bits per heavy atom. The van der Waals surface area contributed by atoms with Crippen LogP contribution in [0.25, 0.3) is 0 Å². The average Bonchev–Trinajstić information content (AvgIpc) is 2.67. The number of rotatable bonds is 10. The number of esters is 1. The molecule has 0 saturated heterocycles. The van der Waals surface area contributed by atoms with Crippen LogP contribution in [0.1, 0.15) is 32.8 Å². The van der Waals surface area contributed by atoms with Gasteiger partial charge in [0.1, 0.15) is 5.75 Å². The van der Waals surface area contributed by atoms with Crippen molar-refractivity contribution in [1.82, 2.24) is 9.80 Å². The van der Waals surface area contributed by atoms with Gasteiger partial charge in [-0.2, -0.15) is 0 Å². The first-order valence-corrected chi connectivity index (χ1v) is 9.15. The molecule has 0 spiro atoms. The molecule has 2 atom stereocenters. The third kappa shape index (κ3) is 7.45. The van der Waals surface area contributed by atoms with Crippen LogP contribution in [-0.4, -0.2) is 60.6 Å². The number of likely N-dealkylation sites (N-methyl/N-ethyl adjacent to an activating group) is 2. The van der Waals surface area contributed by atoms with Gasteiger partial charge >= 0.3 is 5.97 Å². The summed E-state index contributed by atoms with van der Waals surface area (Å²) in [6, 6.07) is 7.04. The van der Waals surface area contributed by atoms with E-state index in [1.165, 1.54) is 7.11 Å². The summed E-state index contributed by atoms with van der Waals surface area (Å²) in [4.78, 5) is 28.1. The van der Waals surface area contributed by atoms with Crippen molar-refractivity contribution in [2.24, 2.45) is 0 Å². The summed E-state index contributed by atoms with van der Waals surface area (Å²) >= 11 is 0. The van der Waals surface area contributed by atoms with Crippen molar-refractivity contribution >= 4 is 11.9 Å². The van der Waals surface area contributed by atoms with Gasteiger partial charge in [0.2, 0.25) is 5.91 Å². The Kier molecular flexibility index (Phi) is 12.1. The van der Waals surface area contributed by atoms with E-state index in [2.05, 4.69) is 14.0 Å². The predicted octanol–water partition coefficient (Wildman–Crippen LogP) is 2.72. The molecule has 0 aliphatic rings. The van der Waals surface area contributed by atoms with E-state index in [0.717, 1.165) is 11.3 Å². The summed E-state index contributed by atoms with van der Waals surface area (Å²) in [5.41, 5.74) is 0.231. The minimum Gasteiger partial charge on any atom is -0.494 e. The topological polar surface area (TPSA) is 59.1 Å². The van der Waals surface area contributed by atoms with Crippen LogP contribution >= 0.6 is 0 Å². The number of ether oxygens (including phenoxy) is 2. The van der Waals surface area contributed by atoms with Crippen molar-refractivity contribution in [2.45, 2.75) is 45.2 Å². The summed E-state index contributed by atoms with van der Waals surface area (Å²) in [6.07, 6.45) is 0.571. The van der Waals surface area contributed by atoms with Gasteiger partial charge in [-0.25, -0.2) is 0 Å². The Bertz CT molecular complexity index is 623. The molecule has 1 radical (unpaired) electrons. The molecule has 0 aromatic heterocycles. The Morgan fingerprint density at radius 1 is 1.21 bits per heavy atom. The summed E-state index contributed by atoms with van der Waals surface area (Å²) in [7, 11) is 6.89. The second-order valence-corrected chi connectivity index (χ2v) is 6.82. The van der Waals surface area contributed by atoms with Crippen LogP contribution in [0.15, 0.2) is 24.3 Å². The number of amides is 1. The molecule has 2 unspecified atom stereocenters. The van der Waals surface area contributed by atoms with Crippen LogP contribution in [0.4, 0.5) is 0 Å². The fourth-order valence-electron chi connectivity index (χ4n) is 2.86. The molecule has 0 aliphatic heterocycles. The zero-order valence-corrected chi connectivity index (χ0v) is 20.6. The fraction of sp³-hybridized carbons (Fsp3) is 0.524. The number of carbonyl (C=O) groups excluding carboxylic acids is 2. The molecule has 0 fully saturated rings. The number of benzene rings is 1. The van der Waals surface area contributed by atoms with Crippen LogP contribution < -0.4 is 4.74 Å². The summed E-state index contributed by atoms with van der Waals surface area (Å²) in [5.74, 6) is 0.226. The number of methoxy groups -OCH3 is 1. The summed E-state index contributed by atoms with van der Waals surface area (Å²) in [5, 5.41) is 0. The van der Waals surface area contributed by atoms with Crippen LogP contribution in [0.5, 0.6) is 5.75 Å². The first-order valence-electron chi connectivity index (χ1n) is 9.15. The molecule has 0 bridgehead atoms. The van der Waals surface area contributed by atoms with Gasteiger partial charge in [0.15, 0.2) is 0 Å². The minimum absolute atomic E-state index is 0. The molecule has 1 aromatic rings. The van der Waals surface area contributed by atoms with E-state index in [1.54, 1.807) is 16.8 Å². The van der Waals surface area contributed by atoms with Gasteiger partial charge in [-0.05, 0) is 44.5 Å². The molecule has 1 amide bonds. The maximum Gasteiger partial charge on any atom is 0.307 e. The molecule has 7 heteroatoms. The van der Waals surface area contributed by atoms with Crippen molar-refractivity contribution in [1.29, 1.82) is 0 Å². The van der Waals surface area contributed by atoms with E-state index in [1.807, 2.05) is 45.0 Å². The molecule has 0 N–H and O–H groups in total. The molecular formula is C21H32N2O4Y-2. The van der Waals surface area contributed by atoms with Crippen molar-refractivity contribution in [3.05, 3.63) is 43.8 Å². The molecule has 28 heavy (non-hydrogen) atoms. The van der Waals surface area contributed by atoms with Crippen molar-refractivity contribution in [3.8, 4) is 5.75 Å². The van der Waals surface area contributed by atoms with Gasteiger partial charge in [0, 0.05) is 39.8 Å². The van der Waals surface area contributed by atoms with Gasteiger partial charge in [-0.1, -0.05) is 25.1 Å². The standard InChI is InChI=1S/C21H32N2O4.Y/c1-8-22(5)16(3)20(25)23(6)21(4,15-19(24)26-7)14-17-10-12-18(13-11-17)27-9-2;/h10-13,16H,3,5,8-9,14-15H2,1-2,4,6-7H3;/q-2;. The SMILES string of the molecule is [CH2-]C(C(=O)N(C)C(C)(CC(=O)OC)Cc1ccc(OCC)cc1)N([CH2-])CC.[Y]. The number of carbonyl (C=O) groups is 2. The van der Waals surface area contributed by atoms with E-state index in [-0.39, 0.29) is 51.0 Å². The minimum atomic E-state index is -0.762. The molecule has 155 valence electrons. The molecule has 1 rings (SSSR count). The molecule has 0 aliphatic carbocycles. The Labute approximate surface area is 194 Å².